The van der Waals surface area contributed by atoms with E-state index in [2.05, 4.69) is 15.7 Å². The molecule has 0 spiro atoms. The molecule has 10 nitrogen and oxygen atoms in total. The Morgan fingerprint density at radius 1 is 1.06 bits per heavy atom. The number of anilines is 1. The minimum atomic E-state index is -0.424. The monoisotopic (exact) mass is 453 g/mol. The van der Waals surface area contributed by atoms with Crippen molar-refractivity contribution in [2.45, 2.75) is 25.4 Å². The van der Waals surface area contributed by atoms with Gasteiger partial charge < -0.3 is 24.8 Å². The lowest BCUT2D eigenvalue weighted by atomic mass is 10.2. The van der Waals surface area contributed by atoms with Crippen LogP contribution in [-0.2, 0) is 6.54 Å². The van der Waals surface area contributed by atoms with Crippen molar-refractivity contribution in [1.29, 1.82) is 0 Å². The fourth-order valence-electron chi connectivity index (χ4n) is 3.59. The van der Waals surface area contributed by atoms with Crippen molar-refractivity contribution in [1.82, 2.24) is 19.7 Å². The highest BCUT2D eigenvalue weighted by atomic mass is 16.5. The van der Waals surface area contributed by atoms with Gasteiger partial charge in [-0.2, -0.15) is 0 Å². The zero-order valence-corrected chi connectivity index (χ0v) is 18.8. The molecule has 1 aliphatic rings. The molecular weight excluding hydrogens is 426 g/mol. The lowest BCUT2D eigenvalue weighted by molar-refractivity contribution is 0.251. The number of carbonyl (C=O) groups excluding carboxylic acids is 1. The summed E-state index contributed by atoms with van der Waals surface area (Å²) in [5.41, 5.74) is 1.14. The zero-order valence-electron chi connectivity index (χ0n) is 18.8. The molecule has 0 unspecified atom stereocenters. The summed E-state index contributed by atoms with van der Waals surface area (Å²) in [6.45, 7) is 0.464. The maximum atomic E-state index is 13.0. The number of rotatable bonds is 9. The van der Waals surface area contributed by atoms with Gasteiger partial charge in [-0.1, -0.05) is 6.07 Å². The lowest BCUT2D eigenvalue weighted by Gasteiger charge is -2.13. The first kappa shape index (κ1) is 22.3. The Balaban J connectivity index is 1.44. The number of amides is 2. The standard InChI is InChI=1S/C23H27N5O5/c1-31-17-11-7-15(8-12-17)21-26-27(23(30)28(21)16-9-10-16)14-13-24-22(29)25-18-5-4-6-19(32-2)20(18)33-3/h4-8,11-12,16H,9-10,13-14H2,1-3H3,(H2,24,25,29). The molecular formula is C23H27N5O5. The molecule has 0 bridgehead atoms. The molecule has 1 saturated carbocycles. The molecule has 2 N–H and O–H groups in total. The fraction of sp³-hybridized carbons (Fsp3) is 0.348. The maximum absolute atomic E-state index is 13.0. The van der Waals surface area contributed by atoms with E-state index in [9.17, 15) is 9.59 Å². The fourth-order valence-corrected chi connectivity index (χ4v) is 3.59. The second-order valence-corrected chi connectivity index (χ2v) is 7.58. The van der Waals surface area contributed by atoms with Gasteiger partial charge in [-0.25, -0.2) is 14.3 Å². The summed E-state index contributed by atoms with van der Waals surface area (Å²) in [6.07, 6.45) is 1.91. The topological polar surface area (TPSA) is 109 Å². The second-order valence-electron chi connectivity index (χ2n) is 7.58. The van der Waals surface area contributed by atoms with Gasteiger partial charge in [0.25, 0.3) is 0 Å². The molecule has 4 rings (SSSR count). The Hall–Kier alpha value is -3.95. The van der Waals surface area contributed by atoms with E-state index in [0.717, 1.165) is 24.2 Å². The number of urea groups is 1. The average Bonchev–Trinajstić information content (AvgIpc) is 3.62. The molecule has 1 heterocycles. The van der Waals surface area contributed by atoms with Gasteiger partial charge in [-0.3, -0.25) is 4.57 Å². The number of methoxy groups -OCH3 is 3. The van der Waals surface area contributed by atoms with Crippen LogP contribution in [0.5, 0.6) is 17.2 Å². The predicted molar refractivity (Wildman–Crippen MR) is 123 cm³/mol. The summed E-state index contributed by atoms with van der Waals surface area (Å²) in [7, 11) is 4.64. The summed E-state index contributed by atoms with van der Waals surface area (Å²) in [6, 6.07) is 12.4. The Bertz CT molecular complexity index is 1180. The lowest BCUT2D eigenvalue weighted by Crippen LogP contribution is -2.34. The third-order valence-electron chi connectivity index (χ3n) is 5.39. The number of hydrogen-bond donors (Lipinski definition) is 2. The Kier molecular flexibility index (Phi) is 6.53. The highest BCUT2D eigenvalue weighted by Gasteiger charge is 2.30. The van der Waals surface area contributed by atoms with E-state index in [4.69, 9.17) is 14.2 Å². The number of aromatic nitrogens is 3. The molecule has 10 heteroatoms. The number of ether oxygens (including phenoxy) is 3. The van der Waals surface area contributed by atoms with E-state index in [0.29, 0.717) is 23.0 Å². The summed E-state index contributed by atoms with van der Waals surface area (Å²) in [5.74, 6) is 2.30. The summed E-state index contributed by atoms with van der Waals surface area (Å²) >= 11 is 0. The predicted octanol–water partition coefficient (Wildman–Crippen LogP) is 2.89. The first-order valence-corrected chi connectivity index (χ1v) is 10.6. The number of carbonyl (C=O) groups is 1. The van der Waals surface area contributed by atoms with Crippen molar-refractivity contribution < 1.29 is 19.0 Å². The van der Waals surface area contributed by atoms with E-state index in [1.54, 1.807) is 29.9 Å². The number of para-hydroxylation sites is 1. The minimum Gasteiger partial charge on any atom is -0.497 e. The van der Waals surface area contributed by atoms with Crippen LogP contribution in [0.1, 0.15) is 18.9 Å². The van der Waals surface area contributed by atoms with Crippen LogP contribution < -0.4 is 30.5 Å². The normalized spacial score (nSPS) is 12.8. The van der Waals surface area contributed by atoms with Crippen molar-refractivity contribution in [3.05, 3.63) is 52.9 Å². The van der Waals surface area contributed by atoms with Gasteiger partial charge in [0.05, 0.1) is 33.6 Å². The second kappa shape index (κ2) is 9.68. The van der Waals surface area contributed by atoms with Crippen LogP contribution >= 0.6 is 0 Å². The van der Waals surface area contributed by atoms with E-state index in [-0.39, 0.29) is 24.8 Å². The van der Waals surface area contributed by atoms with Crippen molar-refractivity contribution in [2.75, 3.05) is 33.2 Å². The molecule has 33 heavy (non-hydrogen) atoms. The van der Waals surface area contributed by atoms with Crippen molar-refractivity contribution >= 4 is 11.7 Å². The average molecular weight is 453 g/mol. The van der Waals surface area contributed by atoms with Crippen molar-refractivity contribution in [2.24, 2.45) is 0 Å². The molecule has 0 radical (unpaired) electrons. The number of benzene rings is 2. The molecule has 2 aromatic carbocycles. The van der Waals surface area contributed by atoms with E-state index in [1.807, 2.05) is 24.3 Å². The molecule has 0 saturated heterocycles. The van der Waals surface area contributed by atoms with E-state index in [1.165, 1.54) is 18.9 Å². The first-order valence-electron chi connectivity index (χ1n) is 10.6. The minimum absolute atomic E-state index is 0.167. The summed E-state index contributed by atoms with van der Waals surface area (Å²) in [4.78, 5) is 25.4. The molecule has 1 aromatic heterocycles. The molecule has 2 amide bonds. The van der Waals surface area contributed by atoms with Gasteiger partial charge in [0, 0.05) is 18.2 Å². The third kappa shape index (κ3) is 4.79. The van der Waals surface area contributed by atoms with Gasteiger partial charge in [0.15, 0.2) is 17.3 Å². The molecule has 1 fully saturated rings. The number of nitrogens with zero attached hydrogens (tertiary/aromatic N) is 3. The summed E-state index contributed by atoms with van der Waals surface area (Å²) in [5, 5.41) is 10.0. The third-order valence-corrected chi connectivity index (χ3v) is 5.39. The quantitative estimate of drug-likeness (QED) is 0.516. The van der Waals surface area contributed by atoms with E-state index < -0.39 is 6.03 Å². The number of hydrogen-bond acceptors (Lipinski definition) is 6. The van der Waals surface area contributed by atoms with Crippen LogP contribution in [0, 0.1) is 0 Å². The molecule has 0 aliphatic heterocycles. The van der Waals surface area contributed by atoms with Gasteiger partial charge in [0.1, 0.15) is 5.75 Å². The van der Waals surface area contributed by atoms with Gasteiger partial charge in [0.2, 0.25) is 0 Å². The van der Waals surface area contributed by atoms with Gasteiger partial charge in [-0.15, -0.1) is 5.10 Å². The molecule has 1 aliphatic carbocycles. The molecule has 3 aromatic rings. The highest BCUT2D eigenvalue weighted by Crippen LogP contribution is 2.37. The Labute approximate surface area is 191 Å². The van der Waals surface area contributed by atoms with Crippen molar-refractivity contribution in [3.8, 4) is 28.6 Å². The van der Waals surface area contributed by atoms with Gasteiger partial charge >= 0.3 is 11.7 Å². The van der Waals surface area contributed by atoms with E-state index >= 15 is 0 Å². The van der Waals surface area contributed by atoms with Crippen LogP contribution in [-0.4, -0.2) is 48.3 Å². The first-order chi connectivity index (χ1) is 16.0. The van der Waals surface area contributed by atoms with Crippen LogP contribution in [0.25, 0.3) is 11.4 Å². The summed E-state index contributed by atoms with van der Waals surface area (Å²) < 4.78 is 18.9. The SMILES string of the molecule is COc1ccc(-c2nn(CCNC(=O)Nc3cccc(OC)c3OC)c(=O)n2C2CC2)cc1. The zero-order chi connectivity index (χ0) is 23.4. The Morgan fingerprint density at radius 3 is 2.45 bits per heavy atom. The number of nitrogens with one attached hydrogen (secondary N) is 2. The van der Waals surface area contributed by atoms with Crippen LogP contribution in [0.2, 0.25) is 0 Å². The Morgan fingerprint density at radius 2 is 1.82 bits per heavy atom. The van der Waals surface area contributed by atoms with Crippen LogP contribution in [0.15, 0.2) is 47.3 Å². The largest absolute Gasteiger partial charge is 0.497 e. The smallest absolute Gasteiger partial charge is 0.346 e. The van der Waals surface area contributed by atoms with Gasteiger partial charge in [-0.05, 0) is 49.2 Å². The van der Waals surface area contributed by atoms with Crippen LogP contribution in [0.4, 0.5) is 10.5 Å². The molecule has 0 atom stereocenters. The van der Waals surface area contributed by atoms with Crippen molar-refractivity contribution in [3.63, 3.8) is 0 Å². The highest BCUT2D eigenvalue weighted by molar-refractivity contribution is 5.91. The maximum Gasteiger partial charge on any atom is 0.346 e. The molecule has 174 valence electrons. The van der Waals surface area contributed by atoms with Crippen LogP contribution in [0.3, 0.4) is 0 Å².